The molecule has 0 bridgehead atoms. The molecule has 106 valence electrons. The van der Waals surface area contributed by atoms with Crippen molar-refractivity contribution in [2.24, 2.45) is 0 Å². The Morgan fingerprint density at radius 3 is 2.47 bits per heavy atom. The minimum atomic E-state index is 0.166. The summed E-state index contributed by atoms with van der Waals surface area (Å²) in [6.45, 7) is 8.06. The highest BCUT2D eigenvalue weighted by Gasteiger charge is 2.27. The molecule has 0 amide bonds. The first-order chi connectivity index (χ1) is 9.01. The van der Waals surface area contributed by atoms with Gasteiger partial charge in [-0.25, -0.2) is 0 Å². The summed E-state index contributed by atoms with van der Waals surface area (Å²) in [6, 6.07) is 5.65. The summed E-state index contributed by atoms with van der Waals surface area (Å²) in [5, 5.41) is 10.1. The number of aromatic hydroxyl groups is 1. The quantitative estimate of drug-likeness (QED) is 0.912. The SMILES string of the molecule is COc1ccc(C(C)N2C[C@@H](C)O[C@@H](C)C2)c(O)c1. The number of methoxy groups -OCH3 is 1. The minimum Gasteiger partial charge on any atom is -0.507 e. The summed E-state index contributed by atoms with van der Waals surface area (Å²) in [5.74, 6) is 0.968. The van der Waals surface area contributed by atoms with Crippen LogP contribution in [0.25, 0.3) is 0 Å². The molecule has 1 aromatic carbocycles. The Balaban J connectivity index is 2.16. The third-order valence-electron chi connectivity index (χ3n) is 3.68. The minimum absolute atomic E-state index is 0.166. The smallest absolute Gasteiger partial charge is 0.124 e. The highest BCUT2D eigenvalue weighted by Crippen LogP contribution is 2.32. The third-order valence-corrected chi connectivity index (χ3v) is 3.68. The van der Waals surface area contributed by atoms with Gasteiger partial charge < -0.3 is 14.6 Å². The van der Waals surface area contributed by atoms with Crippen LogP contribution in [0.5, 0.6) is 11.5 Å². The number of ether oxygens (including phenoxy) is 2. The molecule has 1 aliphatic heterocycles. The maximum atomic E-state index is 10.1. The Kier molecular flexibility index (Phi) is 4.32. The first-order valence-corrected chi connectivity index (χ1v) is 6.77. The van der Waals surface area contributed by atoms with E-state index in [0.717, 1.165) is 18.7 Å². The van der Waals surface area contributed by atoms with Crippen molar-refractivity contribution in [3.8, 4) is 11.5 Å². The van der Waals surface area contributed by atoms with E-state index in [1.807, 2.05) is 12.1 Å². The van der Waals surface area contributed by atoms with Crippen LogP contribution in [0.4, 0.5) is 0 Å². The number of phenols is 1. The van der Waals surface area contributed by atoms with Gasteiger partial charge in [0.15, 0.2) is 0 Å². The number of morpholine rings is 1. The van der Waals surface area contributed by atoms with Gasteiger partial charge in [0.25, 0.3) is 0 Å². The molecule has 0 aromatic heterocycles. The first kappa shape index (κ1) is 14.2. The van der Waals surface area contributed by atoms with E-state index in [-0.39, 0.29) is 18.2 Å². The lowest BCUT2D eigenvalue weighted by Crippen LogP contribution is -2.46. The van der Waals surface area contributed by atoms with E-state index in [2.05, 4.69) is 25.7 Å². The maximum absolute atomic E-state index is 10.1. The van der Waals surface area contributed by atoms with Crippen molar-refractivity contribution in [1.29, 1.82) is 0 Å². The van der Waals surface area contributed by atoms with Gasteiger partial charge >= 0.3 is 0 Å². The third kappa shape index (κ3) is 3.19. The Morgan fingerprint density at radius 2 is 1.95 bits per heavy atom. The summed E-state index contributed by atoms with van der Waals surface area (Å²) in [6.07, 6.45) is 0.457. The molecule has 4 nitrogen and oxygen atoms in total. The summed E-state index contributed by atoms with van der Waals surface area (Å²) >= 11 is 0. The Morgan fingerprint density at radius 1 is 1.32 bits per heavy atom. The Bertz CT molecular complexity index is 425. The molecule has 1 saturated heterocycles. The van der Waals surface area contributed by atoms with E-state index in [1.165, 1.54) is 0 Å². The van der Waals surface area contributed by atoms with Crippen molar-refractivity contribution in [1.82, 2.24) is 4.90 Å². The largest absolute Gasteiger partial charge is 0.507 e. The van der Waals surface area contributed by atoms with Gasteiger partial charge in [0.2, 0.25) is 0 Å². The number of rotatable bonds is 3. The molecule has 0 spiro atoms. The summed E-state index contributed by atoms with van der Waals surface area (Å²) < 4.78 is 10.9. The zero-order valence-corrected chi connectivity index (χ0v) is 12.1. The second kappa shape index (κ2) is 5.80. The number of nitrogens with zero attached hydrogens (tertiary/aromatic N) is 1. The molecule has 2 rings (SSSR count). The van der Waals surface area contributed by atoms with E-state index >= 15 is 0 Å². The van der Waals surface area contributed by atoms with E-state index in [9.17, 15) is 5.11 Å². The lowest BCUT2D eigenvalue weighted by Gasteiger charge is -2.39. The van der Waals surface area contributed by atoms with Crippen LogP contribution in [0.2, 0.25) is 0 Å². The van der Waals surface area contributed by atoms with E-state index in [1.54, 1.807) is 13.2 Å². The molecule has 19 heavy (non-hydrogen) atoms. The fraction of sp³-hybridized carbons (Fsp3) is 0.600. The monoisotopic (exact) mass is 265 g/mol. The molecule has 0 saturated carbocycles. The molecular formula is C15H23NO3. The molecule has 0 aliphatic carbocycles. The fourth-order valence-corrected chi connectivity index (χ4v) is 2.73. The van der Waals surface area contributed by atoms with Crippen molar-refractivity contribution >= 4 is 0 Å². The van der Waals surface area contributed by atoms with Crippen molar-refractivity contribution in [3.63, 3.8) is 0 Å². The van der Waals surface area contributed by atoms with Crippen LogP contribution in [-0.2, 0) is 4.74 Å². The van der Waals surface area contributed by atoms with Crippen LogP contribution in [0, 0.1) is 0 Å². The van der Waals surface area contributed by atoms with Crippen LogP contribution in [0.15, 0.2) is 18.2 Å². The predicted octanol–water partition coefficient (Wildman–Crippen LogP) is 2.57. The molecule has 1 aliphatic rings. The van der Waals surface area contributed by atoms with Crippen LogP contribution in [0.1, 0.15) is 32.4 Å². The zero-order chi connectivity index (χ0) is 14.0. The fourth-order valence-electron chi connectivity index (χ4n) is 2.73. The summed E-state index contributed by atoms with van der Waals surface area (Å²) in [4.78, 5) is 2.35. The topological polar surface area (TPSA) is 41.9 Å². The second-order valence-corrected chi connectivity index (χ2v) is 5.31. The van der Waals surface area contributed by atoms with Crippen LogP contribution >= 0.6 is 0 Å². The van der Waals surface area contributed by atoms with Gasteiger partial charge in [-0.3, -0.25) is 4.90 Å². The lowest BCUT2D eigenvalue weighted by atomic mass is 10.0. The Labute approximate surface area is 114 Å². The van der Waals surface area contributed by atoms with Gasteiger partial charge in [-0.15, -0.1) is 0 Å². The Hall–Kier alpha value is -1.26. The number of hydrogen-bond donors (Lipinski definition) is 1. The standard InChI is InChI=1S/C15H23NO3/c1-10-8-16(9-11(2)19-10)12(3)14-6-5-13(18-4)7-15(14)17/h5-7,10-12,17H,8-9H2,1-4H3/t10-,11+,12?. The number of benzene rings is 1. The summed E-state index contributed by atoms with van der Waals surface area (Å²) in [5.41, 5.74) is 0.933. The highest BCUT2D eigenvalue weighted by atomic mass is 16.5. The molecule has 4 heteroatoms. The maximum Gasteiger partial charge on any atom is 0.124 e. The van der Waals surface area contributed by atoms with Gasteiger partial charge in [-0.1, -0.05) is 6.07 Å². The van der Waals surface area contributed by atoms with Gasteiger partial charge in [0.05, 0.1) is 19.3 Å². The average Bonchev–Trinajstić information content (AvgIpc) is 2.36. The molecule has 3 atom stereocenters. The van der Waals surface area contributed by atoms with Gasteiger partial charge in [0.1, 0.15) is 11.5 Å². The lowest BCUT2D eigenvalue weighted by molar-refractivity contribution is -0.0791. The molecule has 1 aromatic rings. The predicted molar refractivity (Wildman–Crippen MR) is 74.7 cm³/mol. The van der Waals surface area contributed by atoms with Gasteiger partial charge in [-0.05, 0) is 26.8 Å². The van der Waals surface area contributed by atoms with Crippen LogP contribution < -0.4 is 4.74 Å². The number of phenolic OH excluding ortho intramolecular Hbond substituents is 1. The zero-order valence-electron chi connectivity index (χ0n) is 12.1. The highest BCUT2D eigenvalue weighted by molar-refractivity contribution is 5.41. The summed E-state index contributed by atoms with van der Waals surface area (Å²) in [7, 11) is 1.60. The van der Waals surface area contributed by atoms with Crippen LogP contribution in [0.3, 0.4) is 0 Å². The van der Waals surface area contributed by atoms with Gasteiger partial charge in [-0.2, -0.15) is 0 Å². The molecule has 1 unspecified atom stereocenters. The second-order valence-electron chi connectivity index (χ2n) is 5.31. The molecule has 1 N–H and O–H groups in total. The van der Waals surface area contributed by atoms with Crippen molar-refractivity contribution < 1.29 is 14.6 Å². The van der Waals surface area contributed by atoms with Crippen LogP contribution in [-0.4, -0.2) is 42.4 Å². The van der Waals surface area contributed by atoms with E-state index < -0.39 is 0 Å². The average molecular weight is 265 g/mol. The molecular weight excluding hydrogens is 242 g/mol. The molecule has 1 fully saturated rings. The van der Waals surface area contributed by atoms with Crippen molar-refractivity contribution in [2.75, 3.05) is 20.2 Å². The molecule has 0 radical (unpaired) electrons. The van der Waals surface area contributed by atoms with E-state index in [0.29, 0.717) is 11.5 Å². The molecule has 1 heterocycles. The first-order valence-electron chi connectivity index (χ1n) is 6.77. The van der Waals surface area contributed by atoms with Crippen molar-refractivity contribution in [2.45, 2.75) is 39.0 Å². The van der Waals surface area contributed by atoms with E-state index in [4.69, 9.17) is 9.47 Å². The number of hydrogen-bond acceptors (Lipinski definition) is 4. The van der Waals surface area contributed by atoms with Gasteiger partial charge in [0, 0.05) is 30.8 Å². The van der Waals surface area contributed by atoms with Crippen molar-refractivity contribution in [3.05, 3.63) is 23.8 Å². The normalized spacial score (nSPS) is 26.1.